The molecule has 1 aromatic heterocycles. The summed E-state index contributed by atoms with van der Waals surface area (Å²) in [6.07, 6.45) is 0. The van der Waals surface area contributed by atoms with Crippen molar-refractivity contribution in [1.29, 1.82) is 0 Å². The van der Waals surface area contributed by atoms with Gasteiger partial charge in [0, 0.05) is 27.5 Å². The van der Waals surface area contributed by atoms with E-state index in [2.05, 4.69) is 193 Å². The lowest BCUT2D eigenvalue weighted by Gasteiger charge is -2.27. The van der Waals surface area contributed by atoms with Gasteiger partial charge in [-0.05, 0) is 97.7 Å². The molecule has 0 amide bonds. The lowest BCUT2D eigenvalue weighted by atomic mass is 9.99. The number of hydrogen-bond donors (Lipinski definition) is 0. The lowest BCUT2D eigenvalue weighted by molar-refractivity contribution is 0.673. The number of benzene rings is 9. The molecule has 0 bridgehead atoms. The second-order valence-electron chi connectivity index (χ2n) is 12.9. The molecule has 0 unspecified atom stereocenters. The highest BCUT2D eigenvalue weighted by Gasteiger charge is 2.20. The van der Waals surface area contributed by atoms with Gasteiger partial charge in [-0.1, -0.05) is 140 Å². The molecule has 2 heteroatoms. The van der Waals surface area contributed by atoms with Gasteiger partial charge >= 0.3 is 0 Å². The average molecular weight is 638 g/mol. The first-order valence-electron chi connectivity index (χ1n) is 17.1. The van der Waals surface area contributed by atoms with Gasteiger partial charge in [-0.3, -0.25) is 0 Å². The van der Waals surface area contributed by atoms with E-state index in [4.69, 9.17) is 4.42 Å². The highest BCUT2D eigenvalue weighted by molar-refractivity contribution is 6.20. The van der Waals surface area contributed by atoms with Crippen molar-refractivity contribution in [2.24, 2.45) is 0 Å². The first-order chi connectivity index (χ1) is 24.8. The summed E-state index contributed by atoms with van der Waals surface area (Å²) in [5.74, 6) is 0. The van der Waals surface area contributed by atoms with Gasteiger partial charge in [-0.25, -0.2) is 0 Å². The molecule has 234 valence electrons. The van der Waals surface area contributed by atoms with Crippen LogP contribution in [0.3, 0.4) is 0 Å². The van der Waals surface area contributed by atoms with Crippen LogP contribution in [-0.2, 0) is 0 Å². The summed E-state index contributed by atoms with van der Waals surface area (Å²) in [4.78, 5) is 2.38. The summed E-state index contributed by atoms with van der Waals surface area (Å²) in [5.41, 5.74) is 9.79. The van der Waals surface area contributed by atoms with Gasteiger partial charge in [0.2, 0.25) is 0 Å². The number of hydrogen-bond acceptors (Lipinski definition) is 2. The molecule has 9 aromatic carbocycles. The van der Waals surface area contributed by atoms with Crippen LogP contribution in [0.2, 0.25) is 0 Å². The van der Waals surface area contributed by atoms with E-state index in [1.807, 2.05) is 0 Å². The molecule has 0 saturated carbocycles. The minimum Gasteiger partial charge on any atom is -0.455 e. The van der Waals surface area contributed by atoms with Gasteiger partial charge in [-0.2, -0.15) is 0 Å². The van der Waals surface area contributed by atoms with E-state index in [1.165, 1.54) is 43.8 Å². The fourth-order valence-electron chi connectivity index (χ4n) is 7.58. The molecule has 1 heterocycles. The summed E-state index contributed by atoms with van der Waals surface area (Å²) in [7, 11) is 0. The number of nitrogens with zero attached hydrogens (tertiary/aromatic N) is 1. The minimum atomic E-state index is 0.887. The zero-order chi connectivity index (χ0) is 33.0. The molecule has 0 saturated heterocycles. The van der Waals surface area contributed by atoms with Gasteiger partial charge in [0.05, 0.1) is 5.69 Å². The fraction of sp³-hybridized carbons (Fsp3) is 0. The molecular weight excluding hydrogens is 607 g/mol. The molecule has 0 atom stereocenters. The zero-order valence-electron chi connectivity index (χ0n) is 27.3. The summed E-state index contributed by atoms with van der Waals surface area (Å²) in [5, 5.41) is 9.42. The van der Waals surface area contributed by atoms with Crippen LogP contribution in [0.5, 0.6) is 0 Å². The number of anilines is 3. The first-order valence-corrected chi connectivity index (χ1v) is 17.1. The van der Waals surface area contributed by atoms with Crippen LogP contribution < -0.4 is 4.90 Å². The molecule has 0 N–H and O–H groups in total. The van der Waals surface area contributed by atoms with Crippen LogP contribution >= 0.6 is 0 Å². The van der Waals surface area contributed by atoms with Gasteiger partial charge in [0.1, 0.15) is 11.2 Å². The van der Waals surface area contributed by atoms with Crippen molar-refractivity contribution in [2.75, 3.05) is 4.90 Å². The van der Waals surface area contributed by atoms with Crippen LogP contribution in [-0.4, -0.2) is 0 Å². The van der Waals surface area contributed by atoms with Crippen LogP contribution in [0.25, 0.3) is 76.5 Å². The summed E-state index contributed by atoms with van der Waals surface area (Å²) in [6, 6.07) is 67.5. The van der Waals surface area contributed by atoms with E-state index in [1.54, 1.807) is 0 Å². The standard InChI is InChI=1S/C48H31NO/c1-3-10-32(11-4-1)34-20-24-39(25-21-34)49(40-26-28-42-38(30-40)19-18-35-14-7-8-16-41(35)42)45-17-9-15-36-22-27-43-44-31-37(33-12-5-2-6-13-33)23-29-46(44)50-48(43)47(36)45/h1-31H. The maximum absolute atomic E-state index is 6.79. The van der Waals surface area contributed by atoms with Crippen molar-refractivity contribution < 1.29 is 4.42 Å². The fourth-order valence-corrected chi connectivity index (χ4v) is 7.58. The average Bonchev–Trinajstić information content (AvgIpc) is 3.57. The van der Waals surface area contributed by atoms with E-state index < -0.39 is 0 Å². The van der Waals surface area contributed by atoms with Crippen LogP contribution in [0.1, 0.15) is 0 Å². The maximum atomic E-state index is 6.79. The Kier molecular flexibility index (Phi) is 6.53. The van der Waals surface area contributed by atoms with Crippen molar-refractivity contribution in [1.82, 2.24) is 0 Å². The van der Waals surface area contributed by atoms with Crippen LogP contribution in [0.4, 0.5) is 17.1 Å². The molecule has 0 radical (unpaired) electrons. The lowest BCUT2D eigenvalue weighted by Crippen LogP contribution is -2.10. The third kappa shape index (κ3) is 4.65. The Balaban J connectivity index is 1.21. The molecule has 10 aromatic rings. The number of rotatable bonds is 5. The van der Waals surface area contributed by atoms with Gasteiger partial charge < -0.3 is 9.32 Å². The normalized spacial score (nSPS) is 11.6. The molecule has 2 nitrogen and oxygen atoms in total. The molecule has 0 spiro atoms. The Morgan fingerprint density at radius 3 is 1.76 bits per heavy atom. The monoisotopic (exact) mass is 637 g/mol. The van der Waals surface area contributed by atoms with E-state index in [9.17, 15) is 0 Å². The number of furan rings is 1. The summed E-state index contributed by atoms with van der Waals surface area (Å²) >= 11 is 0. The summed E-state index contributed by atoms with van der Waals surface area (Å²) in [6.45, 7) is 0. The van der Waals surface area contributed by atoms with Gasteiger partial charge in [0.25, 0.3) is 0 Å². The topological polar surface area (TPSA) is 16.4 Å². The highest BCUT2D eigenvalue weighted by Crippen LogP contribution is 2.45. The zero-order valence-corrected chi connectivity index (χ0v) is 27.3. The predicted molar refractivity (Wildman–Crippen MR) is 212 cm³/mol. The van der Waals surface area contributed by atoms with Gasteiger partial charge in [-0.15, -0.1) is 0 Å². The van der Waals surface area contributed by atoms with Crippen molar-refractivity contribution in [3.8, 4) is 22.3 Å². The van der Waals surface area contributed by atoms with E-state index >= 15 is 0 Å². The maximum Gasteiger partial charge on any atom is 0.145 e. The molecule has 10 rings (SSSR count). The quantitative estimate of drug-likeness (QED) is 0.175. The van der Waals surface area contributed by atoms with Crippen molar-refractivity contribution in [3.63, 3.8) is 0 Å². The number of fused-ring (bicyclic) bond motifs is 8. The Morgan fingerprint density at radius 2 is 0.940 bits per heavy atom. The Labute approximate surface area is 290 Å². The van der Waals surface area contributed by atoms with Crippen molar-refractivity contribution in [3.05, 3.63) is 188 Å². The van der Waals surface area contributed by atoms with Crippen molar-refractivity contribution in [2.45, 2.75) is 0 Å². The Bertz CT molecular complexity index is 2850. The largest absolute Gasteiger partial charge is 0.455 e. The van der Waals surface area contributed by atoms with E-state index in [0.717, 1.165) is 49.8 Å². The second kappa shape index (κ2) is 11.5. The molecule has 50 heavy (non-hydrogen) atoms. The van der Waals surface area contributed by atoms with Crippen molar-refractivity contribution >= 4 is 71.3 Å². The highest BCUT2D eigenvalue weighted by atomic mass is 16.3. The molecule has 0 aliphatic rings. The Morgan fingerprint density at radius 1 is 0.340 bits per heavy atom. The molecule has 0 aliphatic carbocycles. The van der Waals surface area contributed by atoms with Gasteiger partial charge in [0.15, 0.2) is 0 Å². The smallest absolute Gasteiger partial charge is 0.145 e. The van der Waals surface area contributed by atoms with E-state index in [0.29, 0.717) is 0 Å². The first kappa shape index (κ1) is 28.4. The van der Waals surface area contributed by atoms with Crippen LogP contribution in [0, 0.1) is 0 Å². The molecular formula is C48H31NO. The minimum absolute atomic E-state index is 0.887. The predicted octanol–water partition coefficient (Wildman–Crippen LogP) is 13.8. The third-order valence-corrected chi connectivity index (χ3v) is 10.0. The molecule has 0 aliphatic heterocycles. The third-order valence-electron chi connectivity index (χ3n) is 10.0. The Hall–Kier alpha value is -6.64. The second-order valence-corrected chi connectivity index (χ2v) is 12.9. The summed E-state index contributed by atoms with van der Waals surface area (Å²) < 4.78 is 6.79. The SMILES string of the molecule is c1ccc(-c2ccc(N(c3ccc4c(ccc5ccccc54)c3)c3cccc4ccc5c6cc(-c7ccccc7)ccc6oc5c34)cc2)cc1. The van der Waals surface area contributed by atoms with Crippen LogP contribution in [0.15, 0.2) is 192 Å². The van der Waals surface area contributed by atoms with E-state index in [-0.39, 0.29) is 0 Å². The molecule has 0 fully saturated rings.